The molecule has 0 aliphatic carbocycles. The fourth-order valence-corrected chi connectivity index (χ4v) is 4.79. The van der Waals surface area contributed by atoms with Crippen LogP contribution in [0.4, 0.5) is 0 Å². The summed E-state index contributed by atoms with van der Waals surface area (Å²) in [5.41, 5.74) is 0.794. The number of Topliss-reactive ketones (excluding diaryl/α,β-unsaturated/α-hetero) is 1. The highest BCUT2D eigenvalue weighted by Gasteiger charge is 2.38. The number of carbonyl (C=O) groups excluding carboxylic acids is 1. The van der Waals surface area contributed by atoms with Crippen LogP contribution in [-0.2, 0) is 4.79 Å². The van der Waals surface area contributed by atoms with E-state index in [-0.39, 0.29) is 5.78 Å². The van der Waals surface area contributed by atoms with Crippen molar-refractivity contribution in [2.75, 3.05) is 14.2 Å². The molecule has 3 rings (SSSR count). The minimum absolute atomic E-state index is 0.0918. The van der Waals surface area contributed by atoms with E-state index >= 15 is 0 Å². The largest absolute Gasteiger partial charge is 0.493 e. The SMILES string of the molecule is COc1cc(C=C2SC(=N)C(c3nccs3)C2=O)cc(Br)c1OC. The summed E-state index contributed by atoms with van der Waals surface area (Å²) >= 11 is 6.01. The van der Waals surface area contributed by atoms with E-state index in [9.17, 15) is 4.79 Å². The number of halogens is 1. The Morgan fingerprint density at radius 2 is 2.12 bits per heavy atom. The lowest BCUT2D eigenvalue weighted by molar-refractivity contribution is -0.114. The lowest BCUT2D eigenvalue weighted by Gasteiger charge is -2.10. The summed E-state index contributed by atoms with van der Waals surface area (Å²) in [7, 11) is 3.13. The maximum absolute atomic E-state index is 12.7. The Morgan fingerprint density at radius 3 is 2.75 bits per heavy atom. The minimum Gasteiger partial charge on any atom is -0.493 e. The first-order valence-corrected chi connectivity index (χ1v) is 9.37. The van der Waals surface area contributed by atoms with E-state index < -0.39 is 5.92 Å². The van der Waals surface area contributed by atoms with Gasteiger partial charge >= 0.3 is 0 Å². The highest BCUT2D eigenvalue weighted by molar-refractivity contribution is 9.10. The fraction of sp³-hybridized carbons (Fsp3) is 0.188. The zero-order valence-electron chi connectivity index (χ0n) is 12.8. The number of rotatable bonds is 4. The van der Waals surface area contributed by atoms with Crippen molar-refractivity contribution in [1.29, 1.82) is 5.41 Å². The van der Waals surface area contributed by atoms with Crippen LogP contribution in [0.3, 0.4) is 0 Å². The van der Waals surface area contributed by atoms with E-state index in [1.807, 2.05) is 11.4 Å². The molecule has 1 aromatic heterocycles. The van der Waals surface area contributed by atoms with Gasteiger partial charge in [0.05, 0.1) is 28.6 Å². The molecule has 8 heteroatoms. The number of thioether (sulfide) groups is 1. The van der Waals surface area contributed by atoms with Crippen LogP contribution in [0.1, 0.15) is 16.5 Å². The molecule has 0 saturated carbocycles. The summed E-state index contributed by atoms with van der Waals surface area (Å²) in [6.45, 7) is 0. The number of nitrogens with zero attached hydrogens (tertiary/aromatic N) is 1. The normalized spacial score (nSPS) is 19.1. The average Bonchev–Trinajstić information content (AvgIpc) is 3.15. The van der Waals surface area contributed by atoms with Gasteiger partial charge < -0.3 is 9.47 Å². The second kappa shape index (κ2) is 7.08. The van der Waals surface area contributed by atoms with Crippen LogP contribution >= 0.6 is 39.0 Å². The second-order valence-corrected chi connectivity index (χ2v) is 7.75. The van der Waals surface area contributed by atoms with Gasteiger partial charge in [0, 0.05) is 11.6 Å². The van der Waals surface area contributed by atoms with Crippen molar-refractivity contribution in [3.8, 4) is 11.5 Å². The zero-order chi connectivity index (χ0) is 17.3. The molecule has 2 heterocycles. The number of nitrogens with one attached hydrogen (secondary N) is 1. The number of ether oxygens (including phenoxy) is 2. The van der Waals surface area contributed by atoms with Gasteiger partial charge in [0.25, 0.3) is 0 Å². The first-order valence-electron chi connectivity index (χ1n) is 6.88. The van der Waals surface area contributed by atoms with Crippen LogP contribution in [-0.4, -0.2) is 30.0 Å². The molecule has 0 bridgehead atoms. The summed E-state index contributed by atoms with van der Waals surface area (Å²) in [4.78, 5) is 17.4. The maximum Gasteiger partial charge on any atom is 0.186 e. The molecule has 1 aliphatic rings. The molecule has 1 aromatic carbocycles. The van der Waals surface area contributed by atoms with E-state index in [0.717, 1.165) is 10.0 Å². The van der Waals surface area contributed by atoms with Crippen LogP contribution in [0.5, 0.6) is 11.5 Å². The molecule has 0 spiro atoms. The molecule has 124 valence electrons. The fourth-order valence-electron chi connectivity index (χ4n) is 2.36. The summed E-state index contributed by atoms with van der Waals surface area (Å²) in [6, 6.07) is 3.65. The van der Waals surface area contributed by atoms with E-state index in [2.05, 4.69) is 20.9 Å². The number of aromatic nitrogens is 1. The molecule has 0 amide bonds. The Bertz CT molecular complexity index is 834. The number of thiazole rings is 1. The molecule has 2 aromatic rings. The van der Waals surface area contributed by atoms with Crippen molar-refractivity contribution >= 4 is 55.9 Å². The summed E-state index contributed by atoms with van der Waals surface area (Å²) in [5, 5.41) is 10.9. The van der Waals surface area contributed by atoms with Crippen molar-refractivity contribution in [3.63, 3.8) is 0 Å². The zero-order valence-corrected chi connectivity index (χ0v) is 16.0. The quantitative estimate of drug-likeness (QED) is 0.738. The van der Waals surface area contributed by atoms with Crippen LogP contribution in [0, 0.1) is 5.41 Å². The molecule has 5 nitrogen and oxygen atoms in total. The molecular formula is C16H13BrN2O3S2. The third-order valence-electron chi connectivity index (χ3n) is 3.44. The highest BCUT2D eigenvalue weighted by Crippen LogP contribution is 2.42. The van der Waals surface area contributed by atoms with Crippen molar-refractivity contribution in [2.45, 2.75) is 5.92 Å². The number of benzene rings is 1. The lowest BCUT2D eigenvalue weighted by Crippen LogP contribution is -2.11. The van der Waals surface area contributed by atoms with Gasteiger partial charge in [-0.3, -0.25) is 10.2 Å². The number of allylic oxidation sites excluding steroid dienone is 1. The highest BCUT2D eigenvalue weighted by atomic mass is 79.9. The summed E-state index contributed by atoms with van der Waals surface area (Å²) in [5.74, 6) is 0.495. The minimum atomic E-state index is -0.579. The van der Waals surface area contributed by atoms with Crippen molar-refractivity contribution in [2.24, 2.45) is 0 Å². The Kier molecular flexibility index (Phi) is 5.07. The Hall–Kier alpha value is -1.64. The van der Waals surface area contributed by atoms with Gasteiger partial charge in [-0.05, 0) is 39.7 Å². The predicted octanol–water partition coefficient (Wildman–Crippen LogP) is 4.34. The van der Waals surface area contributed by atoms with Gasteiger partial charge in [0.1, 0.15) is 10.9 Å². The molecular weight excluding hydrogens is 412 g/mol. The van der Waals surface area contributed by atoms with Gasteiger partial charge in [-0.1, -0.05) is 11.8 Å². The molecule has 1 N–H and O–H groups in total. The Balaban J connectivity index is 1.96. The topological polar surface area (TPSA) is 72.3 Å². The van der Waals surface area contributed by atoms with Gasteiger partial charge in [-0.25, -0.2) is 4.98 Å². The van der Waals surface area contributed by atoms with Crippen LogP contribution in [0.2, 0.25) is 0 Å². The summed E-state index contributed by atoms with van der Waals surface area (Å²) < 4.78 is 11.3. The lowest BCUT2D eigenvalue weighted by atomic mass is 10.0. The van der Waals surface area contributed by atoms with Crippen molar-refractivity contribution in [1.82, 2.24) is 4.98 Å². The maximum atomic E-state index is 12.7. The Labute approximate surface area is 155 Å². The van der Waals surface area contributed by atoms with E-state index in [0.29, 0.717) is 26.5 Å². The Morgan fingerprint density at radius 1 is 1.33 bits per heavy atom. The third-order valence-corrected chi connectivity index (χ3v) is 5.86. The molecule has 0 radical (unpaired) electrons. The van der Waals surface area contributed by atoms with Crippen molar-refractivity contribution in [3.05, 3.63) is 43.7 Å². The third kappa shape index (κ3) is 3.13. The van der Waals surface area contributed by atoms with E-state index in [1.165, 1.54) is 23.1 Å². The molecule has 1 aliphatic heterocycles. The van der Waals surface area contributed by atoms with Crippen LogP contribution in [0.15, 0.2) is 33.1 Å². The molecule has 1 atom stereocenters. The average molecular weight is 425 g/mol. The summed E-state index contributed by atoms with van der Waals surface area (Å²) in [6.07, 6.45) is 3.42. The molecule has 1 saturated heterocycles. The van der Waals surface area contributed by atoms with Gasteiger partial charge in [-0.15, -0.1) is 11.3 Å². The number of hydrogen-bond acceptors (Lipinski definition) is 7. The monoisotopic (exact) mass is 424 g/mol. The van der Waals surface area contributed by atoms with Crippen molar-refractivity contribution < 1.29 is 14.3 Å². The number of carbonyl (C=O) groups is 1. The van der Waals surface area contributed by atoms with Gasteiger partial charge in [0.15, 0.2) is 17.3 Å². The molecule has 1 fully saturated rings. The first kappa shape index (κ1) is 17.2. The van der Waals surface area contributed by atoms with Crippen LogP contribution < -0.4 is 9.47 Å². The first-order chi connectivity index (χ1) is 11.5. The number of methoxy groups -OCH3 is 2. The smallest absolute Gasteiger partial charge is 0.186 e. The predicted molar refractivity (Wildman–Crippen MR) is 100 cm³/mol. The number of ketones is 1. The van der Waals surface area contributed by atoms with E-state index in [4.69, 9.17) is 14.9 Å². The van der Waals surface area contributed by atoms with Gasteiger partial charge in [-0.2, -0.15) is 0 Å². The molecule has 1 unspecified atom stereocenters. The standard InChI is InChI=1S/C16H13BrN2O3S2/c1-21-10-6-8(5-9(17)14(10)22-2)7-11-13(20)12(15(18)24-11)16-19-3-4-23-16/h3-7,12,18H,1-2H3. The second-order valence-electron chi connectivity index (χ2n) is 4.88. The van der Waals surface area contributed by atoms with Gasteiger partial charge in [0.2, 0.25) is 0 Å². The number of hydrogen-bond donors (Lipinski definition) is 1. The molecule has 24 heavy (non-hydrogen) atoms. The van der Waals surface area contributed by atoms with E-state index in [1.54, 1.807) is 32.6 Å². The van der Waals surface area contributed by atoms with Crippen LogP contribution in [0.25, 0.3) is 6.08 Å².